The van der Waals surface area contributed by atoms with Gasteiger partial charge >= 0.3 is 5.97 Å². The van der Waals surface area contributed by atoms with E-state index in [0.717, 1.165) is 0 Å². The first-order valence-corrected chi connectivity index (χ1v) is 8.75. The van der Waals surface area contributed by atoms with Crippen molar-refractivity contribution in [2.24, 2.45) is 0 Å². The van der Waals surface area contributed by atoms with Crippen LogP contribution >= 0.6 is 0 Å². The molecule has 0 spiro atoms. The van der Waals surface area contributed by atoms with Crippen molar-refractivity contribution in [3.63, 3.8) is 0 Å². The van der Waals surface area contributed by atoms with E-state index < -0.39 is 54.2 Å². The largest absolute Gasteiger partial charge is 0.464 e. The summed E-state index contributed by atoms with van der Waals surface area (Å²) in [5.74, 6) is -2.17. The molecule has 8 heteroatoms. The van der Waals surface area contributed by atoms with Gasteiger partial charge in [-0.15, -0.1) is 0 Å². The van der Waals surface area contributed by atoms with Crippen molar-refractivity contribution in [1.29, 1.82) is 0 Å². The minimum atomic E-state index is -1.50. The normalized spacial score (nSPS) is 42.2. The lowest BCUT2D eigenvalue weighted by Gasteiger charge is -2.44. The highest BCUT2D eigenvalue weighted by molar-refractivity contribution is 5.80. The molecule has 3 saturated heterocycles. The number of hydrogen-bond donors (Lipinski definition) is 1. The van der Waals surface area contributed by atoms with Gasteiger partial charge in [0, 0.05) is 6.42 Å². The second kappa shape index (κ2) is 6.44. The SMILES string of the molecule is CCOC(=O)[C@@]1([13CH2]O)C[C@H]2OC(C)(C)O[C@H]2[C@@H]([C@H]2COC(C)(C)O2)O1. The van der Waals surface area contributed by atoms with Crippen LogP contribution in [0.5, 0.6) is 0 Å². The predicted octanol–water partition coefficient (Wildman–Crippen LogP) is 0.741. The monoisotopic (exact) mass is 361 g/mol. The van der Waals surface area contributed by atoms with Gasteiger partial charge in [-0.25, -0.2) is 4.79 Å². The van der Waals surface area contributed by atoms with Crippen LogP contribution in [0.2, 0.25) is 0 Å². The number of esters is 1. The quantitative estimate of drug-likeness (QED) is 0.579. The summed E-state index contributed by atoms with van der Waals surface area (Å²) < 4.78 is 34.8. The minimum Gasteiger partial charge on any atom is -0.464 e. The van der Waals surface area contributed by atoms with E-state index in [4.69, 9.17) is 28.4 Å². The Morgan fingerprint density at radius 1 is 1.04 bits per heavy atom. The molecule has 3 fully saturated rings. The van der Waals surface area contributed by atoms with Gasteiger partial charge in [0.1, 0.15) is 18.3 Å². The fourth-order valence-electron chi connectivity index (χ4n) is 3.73. The Kier molecular flexibility index (Phi) is 4.89. The summed E-state index contributed by atoms with van der Waals surface area (Å²) in [5.41, 5.74) is -1.50. The van der Waals surface area contributed by atoms with Gasteiger partial charge in [-0.3, -0.25) is 0 Å². The molecule has 0 aromatic rings. The van der Waals surface area contributed by atoms with Gasteiger partial charge in [0.25, 0.3) is 0 Å². The van der Waals surface area contributed by atoms with E-state index in [-0.39, 0.29) is 13.0 Å². The molecule has 3 aliphatic rings. The lowest BCUT2D eigenvalue weighted by molar-refractivity contribution is -0.245. The molecule has 0 aromatic carbocycles. The maximum Gasteiger partial charge on any atom is 0.340 e. The Morgan fingerprint density at radius 3 is 2.24 bits per heavy atom. The number of ether oxygens (including phenoxy) is 6. The van der Waals surface area contributed by atoms with Crippen molar-refractivity contribution in [3.8, 4) is 0 Å². The number of carbonyl (C=O) groups excluding carboxylic acids is 1. The smallest absolute Gasteiger partial charge is 0.340 e. The topological polar surface area (TPSA) is 92.7 Å². The molecule has 3 rings (SSSR count). The number of rotatable bonds is 4. The van der Waals surface area contributed by atoms with Gasteiger partial charge in [0.2, 0.25) is 0 Å². The molecule has 0 bridgehead atoms. The second-order valence-electron chi connectivity index (χ2n) is 7.67. The van der Waals surface area contributed by atoms with Crippen LogP contribution in [0.15, 0.2) is 0 Å². The van der Waals surface area contributed by atoms with Crippen LogP contribution in [0.1, 0.15) is 41.0 Å². The van der Waals surface area contributed by atoms with Crippen LogP contribution in [0.4, 0.5) is 0 Å². The van der Waals surface area contributed by atoms with Gasteiger partial charge in [0.15, 0.2) is 17.2 Å². The third-order valence-corrected chi connectivity index (χ3v) is 4.74. The molecule has 8 nitrogen and oxygen atoms in total. The predicted molar refractivity (Wildman–Crippen MR) is 84.7 cm³/mol. The van der Waals surface area contributed by atoms with E-state index in [1.807, 2.05) is 27.7 Å². The zero-order valence-corrected chi connectivity index (χ0v) is 15.4. The maximum absolute atomic E-state index is 12.5. The summed E-state index contributed by atoms with van der Waals surface area (Å²) in [7, 11) is 0. The van der Waals surface area contributed by atoms with E-state index >= 15 is 0 Å². The van der Waals surface area contributed by atoms with Crippen LogP contribution in [0.3, 0.4) is 0 Å². The van der Waals surface area contributed by atoms with Gasteiger partial charge < -0.3 is 33.5 Å². The van der Waals surface area contributed by atoms with Crippen molar-refractivity contribution < 1.29 is 38.3 Å². The molecular formula is C17H28O8. The molecule has 144 valence electrons. The Morgan fingerprint density at radius 2 is 1.68 bits per heavy atom. The molecule has 3 heterocycles. The lowest BCUT2D eigenvalue weighted by atomic mass is 9.90. The second-order valence-corrected chi connectivity index (χ2v) is 7.67. The standard InChI is InChI=1S/C17H28O8/c1-6-20-14(19)17(9-18)7-10-12(24-16(4,5)22-10)13(25-17)11-8-21-15(2,3)23-11/h10-13,18H,6-9H2,1-5H3/t10-,11-,12-,13-,17+/m1/s1/i9+1. The third-order valence-electron chi connectivity index (χ3n) is 4.74. The van der Waals surface area contributed by atoms with Crippen LogP contribution in [-0.2, 0) is 33.2 Å². The van der Waals surface area contributed by atoms with Crippen LogP contribution < -0.4 is 0 Å². The first-order chi connectivity index (χ1) is 11.6. The molecule has 0 saturated carbocycles. The molecule has 0 aliphatic carbocycles. The molecule has 0 amide bonds. The summed E-state index contributed by atoms with van der Waals surface area (Å²) in [6.45, 7) is 8.94. The number of aliphatic hydroxyl groups excluding tert-OH is 1. The summed E-state index contributed by atoms with van der Waals surface area (Å²) in [5, 5.41) is 9.96. The zero-order valence-electron chi connectivity index (χ0n) is 15.4. The Labute approximate surface area is 147 Å². The molecule has 1 N–H and O–H groups in total. The molecule has 0 unspecified atom stereocenters. The van der Waals surface area contributed by atoms with Crippen molar-refractivity contribution in [1.82, 2.24) is 0 Å². The Balaban J connectivity index is 1.89. The zero-order chi connectivity index (χ0) is 18.5. The van der Waals surface area contributed by atoms with Gasteiger partial charge in [0.05, 0.1) is 25.9 Å². The highest BCUT2D eigenvalue weighted by Crippen LogP contribution is 2.44. The van der Waals surface area contributed by atoms with Crippen molar-refractivity contribution in [3.05, 3.63) is 0 Å². The molecule has 25 heavy (non-hydrogen) atoms. The molecule has 3 aliphatic heterocycles. The number of hydrogen-bond acceptors (Lipinski definition) is 8. The average Bonchev–Trinajstić information content (AvgIpc) is 3.03. The summed E-state index contributed by atoms with van der Waals surface area (Å²) in [6, 6.07) is 0. The molecule has 5 atom stereocenters. The first-order valence-electron chi connectivity index (χ1n) is 8.75. The number of carbonyl (C=O) groups is 1. The number of aliphatic hydroxyl groups is 1. The maximum atomic E-state index is 12.5. The fourth-order valence-corrected chi connectivity index (χ4v) is 3.73. The van der Waals surface area contributed by atoms with E-state index in [9.17, 15) is 9.90 Å². The van der Waals surface area contributed by atoms with E-state index in [0.29, 0.717) is 6.61 Å². The van der Waals surface area contributed by atoms with Crippen molar-refractivity contribution in [2.45, 2.75) is 82.6 Å². The lowest BCUT2D eigenvalue weighted by Crippen LogP contribution is -2.62. The van der Waals surface area contributed by atoms with Gasteiger partial charge in [-0.05, 0) is 34.6 Å². The average molecular weight is 361 g/mol. The molecule has 0 radical (unpaired) electrons. The Hall–Kier alpha value is -0.770. The Bertz CT molecular complexity index is 519. The van der Waals surface area contributed by atoms with Crippen molar-refractivity contribution in [2.75, 3.05) is 19.8 Å². The van der Waals surface area contributed by atoms with Crippen LogP contribution in [0, 0.1) is 0 Å². The highest BCUT2D eigenvalue weighted by atomic mass is 16.8. The van der Waals surface area contributed by atoms with E-state index in [1.165, 1.54) is 0 Å². The first kappa shape index (κ1) is 19.0. The highest BCUT2D eigenvalue weighted by Gasteiger charge is 2.61. The molecule has 0 aromatic heterocycles. The summed E-state index contributed by atoms with van der Waals surface area (Å²) in [4.78, 5) is 12.5. The number of fused-ring (bicyclic) bond motifs is 1. The third kappa shape index (κ3) is 3.56. The summed E-state index contributed by atoms with van der Waals surface area (Å²) >= 11 is 0. The van der Waals surface area contributed by atoms with Gasteiger partial charge in [-0.2, -0.15) is 0 Å². The fraction of sp³-hybridized carbons (Fsp3) is 0.941. The van der Waals surface area contributed by atoms with E-state index in [2.05, 4.69) is 0 Å². The molecular weight excluding hydrogens is 333 g/mol. The minimum absolute atomic E-state index is 0.157. The van der Waals surface area contributed by atoms with Gasteiger partial charge in [-0.1, -0.05) is 0 Å². The van der Waals surface area contributed by atoms with Crippen LogP contribution in [-0.4, -0.2) is 72.5 Å². The van der Waals surface area contributed by atoms with Crippen LogP contribution in [0.25, 0.3) is 0 Å². The van der Waals surface area contributed by atoms with Crippen molar-refractivity contribution >= 4 is 5.97 Å². The summed E-state index contributed by atoms with van der Waals surface area (Å²) in [6.07, 6.45) is -1.76. The van der Waals surface area contributed by atoms with E-state index in [1.54, 1.807) is 6.92 Å².